The molecule has 0 aliphatic carbocycles. The Balaban J connectivity index is 2.34. The predicted octanol–water partition coefficient (Wildman–Crippen LogP) is 3.75. The van der Waals surface area contributed by atoms with E-state index in [0.29, 0.717) is 5.69 Å². The van der Waals surface area contributed by atoms with Crippen LogP contribution >= 0.6 is 0 Å². The van der Waals surface area contributed by atoms with Crippen molar-refractivity contribution in [2.24, 2.45) is 0 Å². The Morgan fingerprint density at radius 1 is 1.06 bits per heavy atom. The second kappa shape index (κ2) is 4.92. The Morgan fingerprint density at radius 2 is 1.78 bits per heavy atom. The first kappa shape index (κ1) is 12.2. The molecule has 0 spiro atoms. The number of hydrogen-bond acceptors (Lipinski definition) is 2. The van der Waals surface area contributed by atoms with Gasteiger partial charge in [0.05, 0.1) is 11.3 Å². The molecule has 0 heterocycles. The molecule has 0 atom stereocenters. The van der Waals surface area contributed by atoms with Gasteiger partial charge in [0.25, 0.3) is 0 Å². The van der Waals surface area contributed by atoms with Gasteiger partial charge in [0.2, 0.25) is 0 Å². The predicted molar refractivity (Wildman–Crippen MR) is 72.6 cm³/mol. The quantitative estimate of drug-likeness (QED) is 0.860. The largest absolute Gasteiger partial charge is 0.478 e. The fourth-order valence-electron chi connectivity index (χ4n) is 1.75. The lowest BCUT2D eigenvalue weighted by molar-refractivity contribution is 0.0698. The lowest BCUT2D eigenvalue weighted by atomic mass is 10.1. The first-order valence-electron chi connectivity index (χ1n) is 5.74. The molecule has 2 aromatic carbocycles. The molecule has 18 heavy (non-hydrogen) atoms. The number of aromatic carboxylic acids is 1. The zero-order valence-electron chi connectivity index (χ0n) is 10.4. The van der Waals surface area contributed by atoms with Gasteiger partial charge in [-0.1, -0.05) is 18.2 Å². The van der Waals surface area contributed by atoms with Gasteiger partial charge in [-0.3, -0.25) is 0 Å². The van der Waals surface area contributed by atoms with E-state index in [9.17, 15) is 4.79 Å². The Kier molecular flexibility index (Phi) is 3.33. The SMILES string of the molecule is Cc1ccc(Nc2ccccc2C(=O)O)cc1C. The molecular formula is C15H15NO2. The number of nitrogens with one attached hydrogen (secondary N) is 1. The summed E-state index contributed by atoms with van der Waals surface area (Å²) in [6, 6.07) is 12.9. The third kappa shape index (κ3) is 2.51. The van der Waals surface area contributed by atoms with Crippen LogP contribution in [-0.2, 0) is 0 Å². The van der Waals surface area contributed by atoms with Crippen molar-refractivity contribution in [3.8, 4) is 0 Å². The smallest absolute Gasteiger partial charge is 0.337 e. The van der Waals surface area contributed by atoms with Gasteiger partial charge in [-0.2, -0.15) is 0 Å². The van der Waals surface area contributed by atoms with E-state index in [2.05, 4.69) is 5.32 Å². The van der Waals surface area contributed by atoms with Crippen LogP contribution in [0.5, 0.6) is 0 Å². The molecule has 0 unspecified atom stereocenters. The summed E-state index contributed by atoms with van der Waals surface area (Å²) >= 11 is 0. The van der Waals surface area contributed by atoms with Gasteiger partial charge in [0.1, 0.15) is 0 Å². The summed E-state index contributed by atoms with van der Waals surface area (Å²) in [5, 5.41) is 12.2. The summed E-state index contributed by atoms with van der Waals surface area (Å²) < 4.78 is 0. The first-order valence-corrected chi connectivity index (χ1v) is 5.74. The molecule has 2 rings (SSSR count). The standard InChI is InChI=1S/C15H15NO2/c1-10-7-8-12(9-11(10)2)16-14-6-4-3-5-13(14)15(17)18/h3-9,16H,1-2H3,(H,17,18). The lowest BCUT2D eigenvalue weighted by Crippen LogP contribution is -2.02. The maximum absolute atomic E-state index is 11.1. The highest BCUT2D eigenvalue weighted by Crippen LogP contribution is 2.22. The molecule has 2 N–H and O–H groups in total. The molecule has 3 nitrogen and oxygen atoms in total. The third-order valence-corrected chi connectivity index (χ3v) is 2.94. The van der Waals surface area contributed by atoms with Crippen molar-refractivity contribution in [2.75, 3.05) is 5.32 Å². The van der Waals surface area contributed by atoms with Crippen LogP contribution in [0.1, 0.15) is 21.5 Å². The first-order chi connectivity index (χ1) is 8.58. The molecule has 0 aromatic heterocycles. The Bertz CT molecular complexity index is 591. The molecule has 0 aliphatic rings. The minimum Gasteiger partial charge on any atom is -0.478 e. The average Bonchev–Trinajstić information content (AvgIpc) is 2.34. The molecule has 2 aromatic rings. The van der Waals surface area contributed by atoms with Crippen LogP contribution in [0.2, 0.25) is 0 Å². The second-order valence-corrected chi connectivity index (χ2v) is 4.27. The molecule has 0 fully saturated rings. The van der Waals surface area contributed by atoms with Gasteiger partial charge in [-0.15, -0.1) is 0 Å². The third-order valence-electron chi connectivity index (χ3n) is 2.94. The van der Waals surface area contributed by atoms with E-state index in [1.54, 1.807) is 18.2 Å². The van der Waals surface area contributed by atoms with Crippen LogP contribution in [0.15, 0.2) is 42.5 Å². The highest BCUT2D eigenvalue weighted by atomic mass is 16.4. The van der Waals surface area contributed by atoms with Crippen LogP contribution in [0, 0.1) is 13.8 Å². The molecular weight excluding hydrogens is 226 g/mol. The highest BCUT2D eigenvalue weighted by molar-refractivity contribution is 5.95. The minimum absolute atomic E-state index is 0.274. The van der Waals surface area contributed by atoms with E-state index in [4.69, 9.17) is 5.11 Å². The zero-order valence-corrected chi connectivity index (χ0v) is 10.4. The van der Waals surface area contributed by atoms with Crippen molar-refractivity contribution in [3.05, 3.63) is 59.2 Å². The van der Waals surface area contributed by atoms with Crippen LogP contribution in [0.4, 0.5) is 11.4 Å². The Morgan fingerprint density at radius 3 is 2.44 bits per heavy atom. The molecule has 0 saturated carbocycles. The summed E-state index contributed by atoms with van der Waals surface area (Å²) in [6.45, 7) is 4.08. The number of aryl methyl sites for hydroxylation is 2. The number of carboxylic acids is 1. The van der Waals surface area contributed by atoms with Crippen LogP contribution in [0.25, 0.3) is 0 Å². The van der Waals surface area contributed by atoms with Crippen molar-refractivity contribution in [1.29, 1.82) is 0 Å². The molecule has 0 radical (unpaired) electrons. The summed E-state index contributed by atoms with van der Waals surface area (Å²) in [7, 11) is 0. The van der Waals surface area contributed by atoms with Gasteiger partial charge in [0, 0.05) is 5.69 Å². The molecule has 0 aliphatic heterocycles. The van der Waals surface area contributed by atoms with Crippen LogP contribution < -0.4 is 5.32 Å². The van der Waals surface area contributed by atoms with Gasteiger partial charge in [0.15, 0.2) is 0 Å². The molecule has 0 amide bonds. The van der Waals surface area contributed by atoms with Gasteiger partial charge >= 0.3 is 5.97 Å². The maximum Gasteiger partial charge on any atom is 0.337 e. The Hall–Kier alpha value is -2.29. The van der Waals surface area contributed by atoms with Crippen molar-refractivity contribution >= 4 is 17.3 Å². The van der Waals surface area contributed by atoms with Crippen molar-refractivity contribution < 1.29 is 9.90 Å². The lowest BCUT2D eigenvalue weighted by Gasteiger charge is -2.11. The number of carbonyl (C=O) groups is 1. The van der Waals surface area contributed by atoms with E-state index in [1.807, 2.05) is 38.1 Å². The zero-order chi connectivity index (χ0) is 13.1. The number of para-hydroxylation sites is 1. The molecule has 3 heteroatoms. The van der Waals surface area contributed by atoms with E-state index in [-0.39, 0.29) is 5.56 Å². The summed E-state index contributed by atoms with van der Waals surface area (Å²) in [5.41, 5.74) is 4.16. The Labute approximate surface area is 106 Å². The van der Waals surface area contributed by atoms with Crippen LogP contribution in [-0.4, -0.2) is 11.1 Å². The summed E-state index contributed by atoms with van der Waals surface area (Å²) in [6.07, 6.45) is 0. The normalized spacial score (nSPS) is 10.1. The monoisotopic (exact) mass is 241 g/mol. The van der Waals surface area contributed by atoms with Gasteiger partial charge in [-0.25, -0.2) is 4.79 Å². The number of hydrogen-bond donors (Lipinski definition) is 2. The van der Waals surface area contributed by atoms with E-state index in [1.165, 1.54) is 11.1 Å². The molecule has 92 valence electrons. The summed E-state index contributed by atoms with van der Waals surface area (Å²) in [4.78, 5) is 11.1. The average molecular weight is 241 g/mol. The number of rotatable bonds is 3. The molecule has 0 saturated heterocycles. The second-order valence-electron chi connectivity index (χ2n) is 4.27. The van der Waals surface area contributed by atoms with E-state index in [0.717, 1.165) is 5.69 Å². The minimum atomic E-state index is -0.929. The van der Waals surface area contributed by atoms with Crippen molar-refractivity contribution in [1.82, 2.24) is 0 Å². The summed E-state index contributed by atoms with van der Waals surface area (Å²) in [5.74, 6) is -0.929. The topological polar surface area (TPSA) is 49.3 Å². The fourth-order valence-corrected chi connectivity index (χ4v) is 1.75. The van der Waals surface area contributed by atoms with Crippen LogP contribution in [0.3, 0.4) is 0 Å². The number of benzene rings is 2. The maximum atomic E-state index is 11.1. The van der Waals surface area contributed by atoms with E-state index >= 15 is 0 Å². The van der Waals surface area contributed by atoms with Gasteiger partial charge in [-0.05, 0) is 49.2 Å². The number of carboxylic acid groups (broad SMARTS) is 1. The highest BCUT2D eigenvalue weighted by Gasteiger charge is 2.08. The number of anilines is 2. The van der Waals surface area contributed by atoms with E-state index < -0.39 is 5.97 Å². The van der Waals surface area contributed by atoms with Crippen molar-refractivity contribution in [3.63, 3.8) is 0 Å². The fraction of sp³-hybridized carbons (Fsp3) is 0.133. The van der Waals surface area contributed by atoms with Crippen molar-refractivity contribution in [2.45, 2.75) is 13.8 Å². The van der Waals surface area contributed by atoms with Gasteiger partial charge < -0.3 is 10.4 Å². The molecule has 0 bridgehead atoms.